The lowest BCUT2D eigenvalue weighted by Gasteiger charge is -2.31. The van der Waals surface area contributed by atoms with Gasteiger partial charge in [0.2, 0.25) is 10.0 Å². The van der Waals surface area contributed by atoms with E-state index in [2.05, 4.69) is 9.62 Å². The van der Waals surface area contributed by atoms with Crippen LogP contribution in [0.5, 0.6) is 0 Å². The van der Waals surface area contributed by atoms with E-state index in [9.17, 15) is 8.42 Å². The number of rotatable bonds is 5. The third-order valence-electron chi connectivity index (χ3n) is 3.49. The fourth-order valence-corrected chi connectivity index (χ4v) is 3.25. The highest BCUT2D eigenvalue weighted by Gasteiger charge is 2.23. The van der Waals surface area contributed by atoms with Crippen LogP contribution < -0.4 is 4.72 Å². The molecule has 0 atom stereocenters. The molecule has 0 spiro atoms. The van der Waals surface area contributed by atoms with Crippen molar-refractivity contribution in [1.29, 1.82) is 0 Å². The minimum Gasteiger partial charge on any atom is -0.465 e. The Labute approximate surface area is 115 Å². The summed E-state index contributed by atoms with van der Waals surface area (Å²) < 4.78 is 31.3. The van der Waals surface area contributed by atoms with Crippen molar-refractivity contribution in [2.24, 2.45) is 0 Å². The Morgan fingerprint density at radius 3 is 2.58 bits per heavy atom. The SMILES string of the molecule is CCS(=O)(=O)NC1CCN(Cc2ccc(C)o2)CC1. The van der Waals surface area contributed by atoms with Crippen molar-refractivity contribution in [2.75, 3.05) is 18.8 Å². The van der Waals surface area contributed by atoms with E-state index in [1.165, 1.54) is 0 Å². The van der Waals surface area contributed by atoms with E-state index < -0.39 is 10.0 Å². The first-order chi connectivity index (χ1) is 8.98. The van der Waals surface area contributed by atoms with Gasteiger partial charge in [0.1, 0.15) is 11.5 Å². The van der Waals surface area contributed by atoms with Gasteiger partial charge in [-0.3, -0.25) is 4.90 Å². The molecule has 108 valence electrons. The van der Waals surface area contributed by atoms with Gasteiger partial charge in [0.05, 0.1) is 12.3 Å². The second-order valence-corrected chi connectivity index (χ2v) is 7.13. The van der Waals surface area contributed by atoms with E-state index in [-0.39, 0.29) is 11.8 Å². The van der Waals surface area contributed by atoms with Crippen molar-refractivity contribution >= 4 is 10.0 Å². The number of furan rings is 1. The molecule has 0 aromatic carbocycles. The second-order valence-electron chi connectivity index (χ2n) is 5.08. The normalized spacial score (nSPS) is 18.8. The largest absolute Gasteiger partial charge is 0.465 e. The molecular weight excluding hydrogens is 264 g/mol. The first kappa shape index (κ1) is 14.6. The maximum atomic E-state index is 11.5. The maximum Gasteiger partial charge on any atom is 0.211 e. The molecule has 0 radical (unpaired) electrons. The van der Waals surface area contributed by atoms with Gasteiger partial charge in [-0.2, -0.15) is 0 Å². The van der Waals surface area contributed by atoms with Crippen LogP contribution in [0.3, 0.4) is 0 Å². The average molecular weight is 286 g/mol. The Hall–Kier alpha value is -0.850. The highest BCUT2D eigenvalue weighted by molar-refractivity contribution is 7.89. The molecule has 1 N–H and O–H groups in total. The summed E-state index contributed by atoms with van der Waals surface area (Å²) in [5.74, 6) is 2.06. The summed E-state index contributed by atoms with van der Waals surface area (Å²) in [5.41, 5.74) is 0. The fraction of sp³-hybridized carbons (Fsp3) is 0.692. The van der Waals surface area contributed by atoms with E-state index >= 15 is 0 Å². The molecule has 0 aliphatic carbocycles. The highest BCUT2D eigenvalue weighted by Crippen LogP contribution is 2.16. The first-order valence-electron chi connectivity index (χ1n) is 6.76. The van der Waals surface area contributed by atoms with Crippen molar-refractivity contribution in [2.45, 2.75) is 39.3 Å². The van der Waals surface area contributed by atoms with Crippen LogP contribution in [0, 0.1) is 6.92 Å². The first-order valence-corrected chi connectivity index (χ1v) is 8.41. The summed E-state index contributed by atoms with van der Waals surface area (Å²) >= 11 is 0. The summed E-state index contributed by atoms with van der Waals surface area (Å²) in [5, 5.41) is 0. The molecule has 2 rings (SSSR count). The zero-order valence-corrected chi connectivity index (χ0v) is 12.4. The standard InChI is InChI=1S/C13H22N2O3S/c1-3-19(16,17)14-12-6-8-15(9-7-12)10-13-5-4-11(2)18-13/h4-5,12,14H,3,6-10H2,1-2H3. The molecular formula is C13H22N2O3S. The Bertz CT molecular complexity index is 502. The molecule has 0 bridgehead atoms. The summed E-state index contributed by atoms with van der Waals surface area (Å²) in [6, 6.07) is 4.05. The molecule has 0 amide bonds. The monoisotopic (exact) mass is 286 g/mol. The number of likely N-dealkylation sites (tertiary alicyclic amines) is 1. The number of sulfonamides is 1. The number of hydrogen-bond donors (Lipinski definition) is 1. The van der Waals surface area contributed by atoms with Crippen LogP contribution in [-0.4, -0.2) is 38.2 Å². The summed E-state index contributed by atoms with van der Waals surface area (Å²) in [7, 11) is -3.08. The van der Waals surface area contributed by atoms with Crippen molar-refractivity contribution in [3.05, 3.63) is 23.7 Å². The van der Waals surface area contributed by atoms with Crippen molar-refractivity contribution in [3.8, 4) is 0 Å². The van der Waals surface area contributed by atoms with Crippen molar-refractivity contribution in [1.82, 2.24) is 9.62 Å². The lowest BCUT2D eigenvalue weighted by atomic mass is 10.1. The number of aryl methyl sites for hydroxylation is 1. The molecule has 0 saturated carbocycles. The molecule has 1 aromatic rings. The lowest BCUT2D eigenvalue weighted by molar-refractivity contribution is 0.186. The Balaban J connectivity index is 1.79. The lowest BCUT2D eigenvalue weighted by Crippen LogP contribution is -2.44. The molecule has 5 nitrogen and oxygen atoms in total. The summed E-state index contributed by atoms with van der Waals surface area (Å²) in [6.07, 6.45) is 1.72. The Kier molecular flexibility index (Phi) is 4.65. The smallest absolute Gasteiger partial charge is 0.211 e. The second kappa shape index (κ2) is 6.07. The third-order valence-corrected chi connectivity index (χ3v) is 4.94. The number of nitrogens with zero attached hydrogens (tertiary/aromatic N) is 1. The predicted molar refractivity (Wildman–Crippen MR) is 74.3 cm³/mol. The average Bonchev–Trinajstić information content (AvgIpc) is 2.77. The predicted octanol–water partition coefficient (Wildman–Crippen LogP) is 1.49. The Morgan fingerprint density at radius 2 is 2.05 bits per heavy atom. The molecule has 1 aliphatic heterocycles. The van der Waals surface area contributed by atoms with Gasteiger partial charge in [-0.15, -0.1) is 0 Å². The quantitative estimate of drug-likeness (QED) is 0.891. The van der Waals surface area contributed by atoms with E-state index in [1.54, 1.807) is 6.92 Å². The van der Waals surface area contributed by atoms with E-state index in [1.807, 2.05) is 19.1 Å². The van der Waals surface area contributed by atoms with Crippen LogP contribution >= 0.6 is 0 Å². The number of nitrogens with one attached hydrogen (secondary N) is 1. The van der Waals surface area contributed by atoms with Gasteiger partial charge in [-0.1, -0.05) is 0 Å². The molecule has 0 unspecified atom stereocenters. The van der Waals surface area contributed by atoms with Crippen molar-refractivity contribution in [3.63, 3.8) is 0 Å². The Morgan fingerprint density at radius 1 is 1.37 bits per heavy atom. The summed E-state index contributed by atoms with van der Waals surface area (Å²) in [6.45, 7) is 6.21. The van der Waals surface area contributed by atoms with Gasteiger partial charge in [-0.25, -0.2) is 13.1 Å². The highest BCUT2D eigenvalue weighted by atomic mass is 32.2. The van der Waals surface area contributed by atoms with E-state index in [0.29, 0.717) is 0 Å². The van der Waals surface area contributed by atoms with E-state index in [0.717, 1.165) is 44.0 Å². The zero-order valence-electron chi connectivity index (χ0n) is 11.6. The van der Waals surface area contributed by atoms with Gasteiger partial charge < -0.3 is 4.42 Å². The minimum atomic E-state index is -3.08. The van der Waals surface area contributed by atoms with Gasteiger partial charge in [0.15, 0.2) is 0 Å². The van der Waals surface area contributed by atoms with Crippen LogP contribution in [0.25, 0.3) is 0 Å². The topological polar surface area (TPSA) is 62.6 Å². The van der Waals surface area contributed by atoms with Gasteiger partial charge >= 0.3 is 0 Å². The van der Waals surface area contributed by atoms with Gasteiger partial charge in [0, 0.05) is 19.1 Å². The molecule has 6 heteroatoms. The van der Waals surface area contributed by atoms with Crippen LogP contribution in [0.2, 0.25) is 0 Å². The van der Waals surface area contributed by atoms with Crippen molar-refractivity contribution < 1.29 is 12.8 Å². The molecule has 1 fully saturated rings. The molecule has 19 heavy (non-hydrogen) atoms. The maximum absolute atomic E-state index is 11.5. The number of hydrogen-bond acceptors (Lipinski definition) is 4. The fourth-order valence-electron chi connectivity index (χ4n) is 2.34. The third kappa shape index (κ3) is 4.33. The number of piperidine rings is 1. The minimum absolute atomic E-state index is 0.0829. The molecule has 1 aliphatic rings. The van der Waals surface area contributed by atoms with Gasteiger partial charge in [-0.05, 0) is 38.8 Å². The molecule has 1 saturated heterocycles. The van der Waals surface area contributed by atoms with Crippen LogP contribution in [0.1, 0.15) is 31.3 Å². The molecule has 1 aromatic heterocycles. The van der Waals surface area contributed by atoms with E-state index in [4.69, 9.17) is 4.42 Å². The molecule has 2 heterocycles. The zero-order chi connectivity index (χ0) is 13.9. The van der Waals surface area contributed by atoms with Crippen LogP contribution in [-0.2, 0) is 16.6 Å². The summed E-state index contributed by atoms with van der Waals surface area (Å²) in [4.78, 5) is 2.30. The van der Waals surface area contributed by atoms with Gasteiger partial charge in [0.25, 0.3) is 0 Å². The van der Waals surface area contributed by atoms with Crippen LogP contribution in [0.15, 0.2) is 16.5 Å². The van der Waals surface area contributed by atoms with Crippen LogP contribution in [0.4, 0.5) is 0 Å².